The number of hydrogen-bond donors (Lipinski definition) is 1. The van der Waals surface area contributed by atoms with E-state index in [1.165, 1.54) is 12.8 Å². The number of aromatic nitrogens is 1. The van der Waals surface area contributed by atoms with Crippen molar-refractivity contribution in [2.45, 2.75) is 18.9 Å². The lowest BCUT2D eigenvalue weighted by Gasteiger charge is -2.25. The van der Waals surface area contributed by atoms with E-state index in [2.05, 4.69) is 15.2 Å². The summed E-state index contributed by atoms with van der Waals surface area (Å²) in [4.78, 5) is 18.5. The van der Waals surface area contributed by atoms with E-state index in [1.54, 1.807) is 24.6 Å². The molecule has 5 heteroatoms. The number of furan rings is 1. The zero-order valence-corrected chi connectivity index (χ0v) is 11.9. The van der Waals surface area contributed by atoms with Crippen molar-refractivity contribution in [2.75, 3.05) is 19.6 Å². The molecule has 110 valence electrons. The smallest absolute Gasteiger partial charge is 0.269 e. The predicted molar refractivity (Wildman–Crippen MR) is 78.8 cm³/mol. The lowest BCUT2D eigenvalue weighted by atomic mass is 10.2. The van der Waals surface area contributed by atoms with Crippen molar-refractivity contribution < 1.29 is 9.21 Å². The monoisotopic (exact) mass is 285 g/mol. The Hall–Kier alpha value is -2.14. The molecule has 1 unspecified atom stereocenters. The van der Waals surface area contributed by atoms with Gasteiger partial charge < -0.3 is 9.73 Å². The number of nitrogens with zero attached hydrogens (tertiary/aromatic N) is 2. The standard InChI is InChI=1S/C16H19N3O2/c20-16(13-6-1-2-8-17-13)18-12-14(15-7-5-11-21-15)19-9-3-4-10-19/h1-2,5-8,11,14H,3-4,9-10,12H2,(H,18,20). The molecule has 3 heterocycles. The Balaban J connectivity index is 1.66. The van der Waals surface area contributed by atoms with Gasteiger partial charge in [0.2, 0.25) is 0 Å². The van der Waals surface area contributed by atoms with Crippen LogP contribution in [0, 0.1) is 0 Å². The first-order chi connectivity index (χ1) is 10.3. The maximum absolute atomic E-state index is 12.1. The van der Waals surface area contributed by atoms with E-state index in [0.29, 0.717) is 12.2 Å². The Labute approximate surface area is 124 Å². The summed E-state index contributed by atoms with van der Waals surface area (Å²) in [5, 5.41) is 2.96. The summed E-state index contributed by atoms with van der Waals surface area (Å²) in [6.45, 7) is 2.62. The largest absolute Gasteiger partial charge is 0.468 e. The minimum atomic E-state index is -0.147. The molecule has 1 N–H and O–H groups in total. The fourth-order valence-corrected chi connectivity index (χ4v) is 2.72. The van der Waals surface area contributed by atoms with Crippen LogP contribution in [0.25, 0.3) is 0 Å². The molecule has 3 rings (SSSR count). The van der Waals surface area contributed by atoms with Crippen LogP contribution in [-0.2, 0) is 0 Å². The topological polar surface area (TPSA) is 58.4 Å². The number of carbonyl (C=O) groups excluding carboxylic acids is 1. The van der Waals surface area contributed by atoms with Gasteiger partial charge in [0.25, 0.3) is 5.91 Å². The fraction of sp³-hybridized carbons (Fsp3) is 0.375. The van der Waals surface area contributed by atoms with Crippen LogP contribution in [0.1, 0.15) is 35.1 Å². The number of rotatable bonds is 5. The molecule has 0 bridgehead atoms. The molecule has 2 aromatic rings. The molecule has 1 fully saturated rings. The molecule has 0 aromatic carbocycles. The van der Waals surface area contributed by atoms with Gasteiger partial charge in [-0.05, 0) is 50.2 Å². The molecule has 1 aliphatic rings. The number of hydrogen-bond acceptors (Lipinski definition) is 4. The first kappa shape index (κ1) is 13.8. The maximum Gasteiger partial charge on any atom is 0.269 e. The van der Waals surface area contributed by atoms with Gasteiger partial charge in [-0.2, -0.15) is 0 Å². The molecule has 21 heavy (non-hydrogen) atoms. The summed E-state index contributed by atoms with van der Waals surface area (Å²) in [7, 11) is 0. The zero-order chi connectivity index (χ0) is 14.5. The summed E-state index contributed by atoms with van der Waals surface area (Å²) >= 11 is 0. The van der Waals surface area contributed by atoms with Crippen molar-refractivity contribution in [1.82, 2.24) is 15.2 Å². The van der Waals surface area contributed by atoms with Gasteiger partial charge in [0.05, 0.1) is 12.3 Å². The summed E-state index contributed by atoms with van der Waals surface area (Å²) in [6, 6.07) is 9.27. The Morgan fingerprint density at radius 3 is 2.81 bits per heavy atom. The molecular weight excluding hydrogens is 266 g/mol. The minimum Gasteiger partial charge on any atom is -0.468 e. The van der Waals surface area contributed by atoms with Crippen molar-refractivity contribution in [3.8, 4) is 0 Å². The minimum absolute atomic E-state index is 0.0927. The molecule has 0 saturated carbocycles. The van der Waals surface area contributed by atoms with Crippen molar-refractivity contribution in [3.63, 3.8) is 0 Å². The zero-order valence-electron chi connectivity index (χ0n) is 11.9. The number of amides is 1. The first-order valence-corrected chi connectivity index (χ1v) is 7.31. The van der Waals surface area contributed by atoms with E-state index in [4.69, 9.17) is 4.42 Å². The predicted octanol–water partition coefficient (Wildman–Crippen LogP) is 2.24. The van der Waals surface area contributed by atoms with Crippen molar-refractivity contribution in [3.05, 3.63) is 54.2 Å². The van der Waals surface area contributed by atoms with Gasteiger partial charge in [-0.25, -0.2) is 0 Å². The molecule has 0 aliphatic carbocycles. The van der Waals surface area contributed by atoms with Crippen LogP contribution in [0.5, 0.6) is 0 Å². The van der Waals surface area contributed by atoms with Gasteiger partial charge in [-0.1, -0.05) is 6.07 Å². The van der Waals surface area contributed by atoms with E-state index in [-0.39, 0.29) is 11.9 Å². The summed E-state index contributed by atoms with van der Waals surface area (Å²) < 4.78 is 5.54. The van der Waals surface area contributed by atoms with Crippen LogP contribution in [0.4, 0.5) is 0 Å². The lowest BCUT2D eigenvalue weighted by molar-refractivity contribution is 0.0929. The molecular formula is C16H19N3O2. The Morgan fingerprint density at radius 1 is 1.29 bits per heavy atom. The summed E-state index contributed by atoms with van der Waals surface area (Å²) in [5.74, 6) is 0.754. The van der Waals surface area contributed by atoms with Gasteiger partial charge in [-0.15, -0.1) is 0 Å². The third-order valence-electron chi connectivity index (χ3n) is 3.81. The second-order valence-corrected chi connectivity index (χ2v) is 5.20. The molecule has 1 saturated heterocycles. The Morgan fingerprint density at radius 2 is 2.14 bits per heavy atom. The maximum atomic E-state index is 12.1. The molecule has 1 amide bonds. The average molecular weight is 285 g/mol. The van der Waals surface area contributed by atoms with Crippen LogP contribution >= 0.6 is 0 Å². The molecule has 2 aromatic heterocycles. The van der Waals surface area contributed by atoms with Gasteiger partial charge >= 0.3 is 0 Å². The second-order valence-electron chi connectivity index (χ2n) is 5.20. The highest BCUT2D eigenvalue weighted by molar-refractivity contribution is 5.92. The lowest BCUT2D eigenvalue weighted by Crippen LogP contribution is -2.36. The van der Waals surface area contributed by atoms with Gasteiger partial charge in [0.1, 0.15) is 11.5 Å². The van der Waals surface area contributed by atoms with Crippen LogP contribution in [0.15, 0.2) is 47.2 Å². The van der Waals surface area contributed by atoms with Crippen LogP contribution in [-0.4, -0.2) is 35.4 Å². The number of likely N-dealkylation sites (tertiary alicyclic amines) is 1. The molecule has 0 radical (unpaired) electrons. The van der Waals surface area contributed by atoms with E-state index in [1.807, 2.05) is 18.2 Å². The highest BCUT2D eigenvalue weighted by Gasteiger charge is 2.26. The average Bonchev–Trinajstić information content (AvgIpc) is 3.22. The van der Waals surface area contributed by atoms with Gasteiger partial charge in [0.15, 0.2) is 0 Å². The quantitative estimate of drug-likeness (QED) is 0.915. The van der Waals surface area contributed by atoms with Gasteiger partial charge in [-0.3, -0.25) is 14.7 Å². The summed E-state index contributed by atoms with van der Waals surface area (Å²) in [5.41, 5.74) is 0.442. The Bertz CT molecular complexity index is 562. The van der Waals surface area contributed by atoms with Crippen molar-refractivity contribution in [2.24, 2.45) is 0 Å². The first-order valence-electron chi connectivity index (χ1n) is 7.31. The summed E-state index contributed by atoms with van der Waals surface area (Å²) in [6.07, 6.45) is 5.70. The normalized spacial score (nSPS) is 16.8. The Kier molecular flexibility index (Phi) is 4.31. The second kappa shape index (κ2) is 6.54. The van der Waals surface area contributed by atoms with E-state index in [9.17, 15) is 4.79 Å². The van der Waals surface area contributed by atoms with E-state index >= 15 is 0 Å². The SMILES string of the molecule is O=C(NCC(c1ccco1)N1CCCC1)c1ccccn1. The third-order valence-corrected chi connectivity index (χ3v) is 3.81. The van der Waals surface area contributed by atoms with Crippen LogP contribution in [0.3, 0.4) is 0 Å². The fourth-order valence-electron chi connectivity index (χ4n) is 2.72. The molecule has 1 atom stereocenters. The number of nitrogens with one attached hydrogen (secondary N) is 1. The van der Waals surface area contributed by atoms with Crippen molar-refractivity contribution >= 4 is 5.91 Å². The van der Waals surface area contributed by atoms with E-state index in [0.717, 1.165) is 18.8 Å². The number of pyridine rings is 1. The third kappa shape index (κ3) is 3.31. The molecule has 0 spiro atoms. The highest BCUT2D eigenvalue weighted by atomic mass is 16.3. The van der Waals surface area contributed by atoms with Crippen molar-refractivity contribution in [1.29, 1.82) is 0 Å². The number of carbonyl (C=O) groups is 1. The van der Waals surface area contributed by atoms with Gasteiger partial charge in [0, 0.05) is 12.7 Å². The van der Waals surface area contributed by atoms with E-state index < -0.39 is 0 Å². The van der Waals surface area contributed by atoms with Crippen LogP contribution in [0.2, 0.25) is 0 Å². The van der Waals surface area contributed by atoms with Crippen LogP contribution < -0.4 is 5.32 Å². The highest BCUT2D eigenvalue weighted by Crippen LogP contribution is 2.24. The molecule has 5 nitrogen and oxygen atoms in total. The molecule has 1 aliphatic heterocycles.